The molecule has 0 radical (unpaired) electrons. The second kappa shape index (κ2) is 39.6. The van der Waals surface area contributed by atoms with Crippen molar-refractivity contribution in [2.24, 2.45) is 5.92 Å². The minimum atomic E-state index is -0.113. The number of hydrogen-bond donors (Lipinski definition) is 0. The quantitative estimate of drug-likeness (QED) is 0.0447. The standard InChI is InChI=1S/C43H81NO6S2/c1-44(2)36-26-25-31-39(29-19-11-9-15-23-34-42(47)51-37-27-17-7-5-13-21-32-40(45)49-3)30-20-12-10-16-24-35-43(48)52-38-28-18-8-6-14-22-33-41(46)50-4/h39H,5-38H2,1-4H3. The second-order valence-corrected chi connectivity index (χ2v) is 17.4. The first-order chi connectivity index (χ1) is 25.3. The van der Waals surface area contributed by atoms with Crippen LogP contribution in [0.1, 0.15) is 199 Å². The molecule has 0 aromatic carbocycles. The summed E-state index contributed by atoms with van der Waals surface area (Å²) in [4.78, 5) is 49.1. The fourth-order valence-electron chi connectivity index (χ4n) is 6.64. The average Bonchev–Trinajstić information content (AvgIpc) is 3.13. The van der Waals surface area contributed by atoms with E-state index in [9.17, 15) is 19.2 Å². The van der Waals surface area contributed by atoms with Gasteiger partial charge in [-0.05, 0) is 71.5 Å². The molecular formula is C43H81NO6S2. The number of thioether (sulfide) groups is 2. The van der Waals surface area contributed by atoms with E-state index >= 15 is 0 Å². The summed E-state index contributed by atoms with van der Waals surface area (Å²) >= 11 is 3.06. The molecule has 0 aliphatic carbocycles. The zero-order chi connectivity index (χ0) is 38.3. The Morgan fingerprint density at radius 1 is 0.423 bits per heavy atom. The van der Waals surface area contributed by atoms with E-state index in [1.165, 1.54) is 153 Å². The number of carbonyl (C=O) groups is 4. The molecule has 0 amide bonds. The molecule has 0 saturated heterocycles. The highest BCUT2D eigenvalue weighted by Gasteiger charge is 2.10. The van der Waals surface area contributed by atoms with Crippen molar-refractivity contribution in [3.05, 3.63) is 0 Å². The maximum Gasteiger partial charge on any atom is 0.305 e. The normalized spacial score (nSPS) is 11.4. The number of rotatable bonds is 39. The Bertz CT molecular complexity index is 795. The fourth-order valence-corrected chi connectivity index (χ4v) is 8.37. The second-order valence-electron chi connectivity index (χ2n) is 15.1. The van der Waals surface area contributed by atoms with Gasteiger partial charge < -0.3 is 14.4 Å². The average molecular weight is 772 g/mol. The predicted molar refractivity (Wildman–Crippen MR) is 224 cm³/mol. The van der Waals surface area contributed by atoms with Crippen LogP contribution >= 0.6 is 23.5 Å². The highest BCUT2D eigenvalue weighted by atomic mass is 32.2. The lowest BCUT2D eigenvalue weighted by atomic mass is 9.90. The summed E-state index contributed by atoms with van der Waals surface area (Å²) < 4.78 is 9.35. The van der Waals surface area contributed by atoms with E-state index in [1.54, 1.807) is 0 Å². The predicted octanol–water partition coefficient (Wildman–Crippen LogP) is 12.1. The third kappa shape index (κ3) is 38.7. The minimum absolute atomic E-state index is 0.113. The third-order valence-corrected chi connectivity index (χ3v) is 12.0. The summed E-state index contributed by atoms with van der Waals surface area (Å²) in [5, 5.41) is 0.732. The Kier molecular flexibility index (Phi) is 38.8. The van der Waals surface area contributed by atoms with Gasteiger partial charge in [-0.15, -0.1) is 0 Å². The summed E-state index contributed by atoms with van der Waals surface area (Å²) in [6.45, 7) is 1.18. The molecule has 7 nitrogen and oxygen atoms in total. The van der Waals surface area contributed by atoms with Crippen LogP contribution in [0.3, 0.4) is 0 Å². The molecule has 0 atom stereocenters. The molecule has 0 rings (SSSR count). The molecule has 0 saturated carbocycles. The van der Waals surface area contributed by atoms with Crippen LogP contribution in [0.4, 0.5) is 0 Å². The van der Waals surface area contributed by atoms with E-state index in [0.29, 0.717) is 23.1 Å². The van der Waals surface area contributed by atoms with Crippen LogP contribution in [0.5, 0.6) is 0 Å². The largest absolute Gasteiger partial charge is 0.469 e. The van der Waals surface area contributed by atoms with Crippen LogP contribution in [0.2, 0.25) is 0 Å². The number of carbonyl (C=O) groups excluding carboxylic acids is 4. The Morgan fingerprint density at radius 2 is 0.731 bits per heavy atom. The van der Waals surface area contributed by atoms with Crippen molar-refractivity contribution >= 4 is 45.7 Å². The molecule has 0 bridgehead atoms. The summed E-state index contributed by atoms with van der Waals surface area (Å²) in [5.41, 5.74) is 0. The van der Waals surface area contributed by atoms with Gasteiger partial charge >= 0.3 is 11.9 Å². The number of hydrogen-bond acceptors (Lipinski definition) is 9. The van der Waals surface area contributed by atoms with Gasteiger partial charge in [0.1, 0.15) is 0 Å². The van der Waals surface area contributed by atoms with E-state index in [1.807, 2.05) is 0 Å². The number of nitrogens with zero attached hydrogens (tertiary/aromatic N) is 1. The molecule has 0 aliphatic rings. The van der Waals surface area contributed by atoms with Crippen LogP contribution < -0.4 is 0 Å². The topological polar surface area (TPSA) is 90.0 Å². The molecule has 52 heavy (non-hydrogen) atoms. The lowest BCUT2D eigenvalue weighted by Gasteiger charge is -2.18. The van der Waals surface area contributed by atoms with Gasteiger partial charge in [0.2, 0.25) is 0 Å². The Labute approximate surface area is 329 Å². The maximum atomic E-state index is 12.3. The zero-order valence-corrected chi connectivity index (χ0v) is 36.0. The van der Waals surface area contributed by atoms with E-state index in [-0.39, 0.29) is 11.9 Å². The van der Waals surface area contributed by atoms with Crippen molar-refractivity contribution in [3.63, 3.8) is 0 Å². The molecule has 306 valence electrons. The summed E-state index contributed by atoms with van der Waals surface area (Å²) in [5.74, 6) is 2.51. The summed E-state index contributed by atoms with van der Waals surface area (Å²) in [6, 6.07) is 0. The van der Waals surface area contributed by atoms with Crippen molar-refractivity contribution in [1.82, 2.24) is 4.90 Å². The molecule has 0 spiro atoms. The number of esters is 2. The van der Waals surface area contributed by atoms with Gasteiger partial charge in [-0.3, -0.25) is 19.2 Å². The van der Waals surface area contributed by atoms with Gasteiger partial charge in [-0.25, -0.2) is 0 Å². The number of ether oxygens (including phenoxy) is 2. The Morgan fingerprint density at radius 3 is 1.10 bits per heavy atom. The lowest BCUT2D eigenvalue weighted by molar-refractivity contribution is -0.141. The van der Waals surface area contributed by atoms with Crippen LogP contribution in [-0.2, 0) is 28.7 Å². The summed E-state index contributed by atoms with van der Waals surface area (Å²) in [7, 11) is 7.22. The van der Waals surface area contributed by atoms with Gasteiger partial charge in [0, 0.05) is 37.2 Å². The van der Waals surface area contributed by atoms with Crippen molar-refractivity contribution < 1.29 is 28.7 Å². The lowest BCUT2D eigenvalue weighted by Crippen LogP contribution is -2.13. The first-order valence-corrected chi connectivity index (χ1v) is 23.3. The van der Waals surface area contributed by atoms with Gasteiger partial charge in [0.25, 0.3) is 0 Å². The van der Waals surface area contributed by atoms with Gasteiger partial charge in [-0.1, -0.05) is 152 Å². The molecule has 0 aromatic rings. The molecule has 0 fully saturated rings. The van der Waals surface area contributed by atoms with Crippen LogP contribution in [-0.4, -0.2) is 73.4 Å². The highest BCUT2D eigenvalue weighted by molar-refractivity contribution is 8.13. The molecule has 0 N–H and O–H groups in total. The Balaban J connectivity index is 3.85. The SMILES string of the molecule is COC(=O)CCCCCCCCSC(=O)CCCCCCCC(CCCCCCCC(=O)SCCCCCCCCC(=O)OC)CCCCN(C)C. The van der Waals surface area contributed by atoms with E-state index < -0.39 is 0 Å². The molecule has 9 heteroatoms. The third-order valence-electron chi connectivity index (χ3n) is 9.99. The Hall–Kier alpha value is -1.06. The van der Waals surface area contributed by atoms with Crippen molar-refractivity contribution in [2.45, 2.75) is 199 Å². The minimum Gasteiger partial charge on any atom is -0.469 e. The smallest absolute Gasteiger partial charge is 0.305 e. The summed E-state index contributed by atoms with van der Waals surface area (Å²) in [6.07, 6.45) is 34.5. The number of methoxy groups -OCH3 is 2. The first-order valence-electron chi connectivity index (χ1n) is 21.4. The molecule has 0 aromatic heterocycles. The molecular weight excluding hydrogens is 691 g/mol. The van der Waals surface area contributed by atoms with Crippen LogP contribution in [0.15, 0.2) is 0 Å². The molecule has 0 unspecified atom stereocenters. The van der Waals surface area contributed by atoms with Gasteiger partial charge in [0.15, 0.2) is 10.2 Å². The van der Waals surface area contributed by atoms with Crippen molar-refractivity contribution in [3.8, 4) is 0 Å². The zero-order valence-electron chi connectivity index (χ0n) is 34.3. The van der Waals surface area contributed by atoms with E-state index in [4.69, 9.17) is 0 Å². The van der Waals surface area contributed by atoms with Gasteiger partial charge in [0.05, 0.1) is 14.2 Å². The van der Waals surface area contributed by atoms with Crippen LogP contribution in [0.25, 0.3) is 0 Å². The van der Waals surface area contributed by atoms with E-state index in [2.05, 4.69) is 28.5 Å². The molecule has 0 aliphatic heterocycles. The van der Waals surface area contributed by atoms with E-state index in [0.717, 1.165) is 94.5 Å². The van der Waals surface area contributed by atoms with Crippen LogP contribution in [0, 0.1) is 5.92 Å². The highest BCUT2D eigenvalue weighted by Crippen LogP contribution is 2.25. The maximum absolute atomic E-state index is 12.3. The fraction of sp³-hybridized carbons (Fsp3) is 0.907. The van der Waals surface area contributed by atoms with Crippen molar-refractivity contribution in [2.75, 3.05) is 46.4 Å². The number of unbranched alkanes of at least 4 members (excludes halogenated alkanes) is 19. The monoisotopic (exact) mass is 772 g/mol. The van der Waals surface area contributed by atoms with Crippen molar-refractivity contribution in [1.29, 1.82) is 0 Å². The van der Waals surface area contributed by atoms with Gasteiger partial charge in [-0.2, -0.15) is 0 Å². The first kappa shape index (κ1) is 50.9. The molecule has 0 heterocycles.